The molecule has 34 heavy (non-hydrogen) atoms. The second-order valence-corrected chi connectivity index (χ2v) is 12.4. The summed E-state index contributed by atoms with van der Waals surface area (Å²) in [4.78, 5) is 13.5. The van der Waals surface area contributed by atoms with Crippen molar-refractivity contribution in [1.82, 2.24) is 9.78 Å². The molecule has 4 rings (SSSR count). The van der Waals surface area contributed by atoms with E-state index >= 15 is 0 Å². The molecule has 4 atom stereocenters. The van der Waals surface area contributed by atoms with E-state index in [9.17, 15) is 27.1 Å². The third-order valence-corrected chi connectivity index (χ3v) is 8.69. The maximum absolute atomic E-state index is 13.8. The molecule has 0 spiro atoms. The van der Waals surface area contributed by atoms with E-state index in [1.807, 2.05) is 0 Å². The molecule has 10 heteroatoms. The number of benzene rings is 1. The summed E-state index contributed by atoms with van der Waals surface area (Å²) < 4.78 is 54.1. The van der Waals surface area contributed by atoms with Gasteiger partial charge >= 0.3 is 0 Å². The summed E-state index contributed by atoms with van der Waals surface area (Å²) in [5.41, 5.74) is -0.395. The molecule has 7 nitrogen and oxygen atoms in total. The van der Waals surface area contributed by atoms with Crippen LogP contribution >= 0.6 is 0 Å². The van der Waals surface area contributed by atoms with Gasteiger partial charge in [-0.05, 0) is 69.6 Å². The van der Waals surface area contributed by atoms with Gasteiger partial charge in [0, 0.05) is 12.3 Å². The first kappa shape index (κ1) is 24.8. The highest BCUT2D eigenvalue weighted by Crippen LogP contribution is 2.39. The van der Waals surface area contributed by atoms with Crippen LogP contribution in [-0.4, -0.2) is 52.4 Å². The Labute approximate surface area is 198 Å². The number of nitrogens with zero attached hydrogens (tertiary/aromatic N) is 2. The number of alkyl halides is 2. The van der Waals surface area contributed by atoms with Gasteiger partial charge in [0.05, 0.1) is 28.2 Å². The lowest BCUT2D eigenvalue weighted by molar-refractivity contribution is -0.118. The van der Waals surface area contributed by atoms with Crippen LogP contribution in [0.2, 0.25) is 0 Å². The lowest BCUT2D eigenvalue weighted by atomic mass is 9.87. The second kappa shape index (κ2) is 9.37. The molecular formula is C24H31F2N3O4S. The molecule has 1 heterocycles. The molecule has 2 aliphatic rings. The molecular weight excluding hydrogens is 464 g/mol. The van der Waals surface area contributed by atoms with Crippen molar-refractivity contribution in [1.29, 1.82) is 0 Å². The molecule has 186 valence electrons. The number of anilines is 1. The Kier molecular flexibility index (Phi) is 6.83. The molecule has 1 aromatic heterocycles. The number of aliphatic hydroxyl groups is 1. The van der Waals surface area contributed by atoms with Crippen molar-refractivity contribution in [2.24, 2.45) is 5.92 Å². The number of carbonyl (C=O) groups is 1. The fraction of sp³-hybridized carbons (Fsp3) is 0.583. The van der Waals surface area contributed by atoms with Crippen molar-refractivity contribution in [2.45, 2.75) is 86.5 Å². The Morgan fingerprint density at radius 1 is 1.18 bits per heavy atom. The van der Waals surface area contributed by atoms with Gasteiger partial charge in [0.1, 0.15) is 12.3 Å². The molecule has 0 saturated heterocycles. The van der Waals surface area contributed by atoms with Crippen molar-refractivity contribution in [3.05, 3.63) is 42.1 Å². The third-order valence-electron chi connectivity index (χ3n) is 6.41. The maximum Gasteiger partial charge on any atom is 0.233 e. The van der Waals surface area contributed by atoms with Crippen LogP contribution in [-0.2, 0) is 21.2 Å². The molecule has 2 aliphatic carbocycles. The first-order chi connectivity index (χ1) is 15.9. The monoisotopic (exact) mass is 495 g/mol. The first-order valence-electron chi connectivity index (χ1n) is 11.6. The fourth-order valence-electron chi connectivity index (χ4n) is 4.54. The standard InChI is InChI=1S/C24H31F2N3O4S/c1-24(2,31)14-29-10-9-22(28-29)27-23(30)19(11-15-12-20(25)21(26)13-15)16-3-5-17(6-4-16)34(32,33)18-7-8-18/h3-6,9-10,15,18-21,31H,7-8,11-14H2,1-2H3,(H,27,28,30)/t15-,19-,20+,21-/m1/s1. The van der Waals surface area contributed by atoms with E-state index in [1.54, 1.807) is 38.2 Å². The largest absolute Gasteiger partial charge is 0.389 e. The Balaban J connectivity index is 1.53. The highest BCUT2D eigenvalue weighted by Gasteiger charge is 2.38. The summed E-state index contributed by atoms with van der Waals surface area (Å²) in [6, 6.07) is 7.84. The second-order valence-electron chi connectivity index (χ2n) is 10.2. The van der Waals surface area contributed by atoms with Crippen molar-refractivity contribution in [2.75, 3.05) is 5.32 Å². The van der Waals surface area contributed by atoms with Gasteiger partial charge in [0.25, 0.3) is 0 Å². The zero-order chi connectivity index (χ0) is 24.7. The van der Waals surface area contributed by atoms with Crippen LogP contribution < -0.4 is 5.32 Å². The lowest BCUT2D eigenvalue weighted by Gasteiger charge is -2.20. The van der Waals surface area contributed by atoms with Crippen LogP contribution in [0.15, 0.2) is 41.4 Å². The summed E-state index contributed by atoms with van der Waals surface area (Å²) in [6.07, 6.45) is 0.245. The molecule has 2 saturated carbocycles. The number of halogens is 2. The first-order valence-corrected chi connectivity index (χ1v) is 13.2. The summed E-state index contributed by atoms with van der Waals surface area (Å²) in [5.74, 6) is -1.11. The number of nitrogens with one attached hydrogen (secondary N) is 1. The zero-order valence-electron chi connectivity index (χ0n) is 19.3. The van der Waals surface area contributed by atoms with Crippen LogP contribution in [0.4, 0.5) is 14.6 Å². The Hall–Kier alpha value is -2.33. The Bertz CT molecular complexity index is 1110. The Morgan fingerprint density at radius 2 is 1.79 bits per heavy atom. The third kappa shape index (κ3) is 5.83. The van der Waals surface area contributed by atoms with Gasteiger partial charge in [-0.15, -0.1) is 0 Å². The maximum atomic E-state index is 13.8. The van der Waals surface area contributed by atoms with Gasteiger partial charge < -0.3 is 10.4 Å². The molecule has 1 amide bonds. The van der Waals surface area contributed by atoms with Crippen LogP contribution in [0.25, 0.3) is 0 Å². The van der Waals surface area contributed by atoms with E-state index in [0.717, 1.165) is 0 Å². The normalized spacial score (nSPS) is 24.2. The molecule has 0 radical (unpaired) electrons. The number of carbonyl (C=O) groups excluding carboxylic acids is 1. The molecule has 2 aromatic rings. The van der Waals surface area contributed by atoms with Gasteiger partial charge in [0.2, 0.25) is 5.91 Å². The Morgan fingerprint density at radius 3 is 2.35 bits per heavy atom. The lowest BCUT2D eigenvalue weighted by Crippen LogP contribution is -2.27. The fourth-order valence-corrected chi connectivity index (χ4v) is 6.19. The van der Waals surface area contributed by atoms with Crippen LogP contribution in [0.5, 0.6) is 0 Å². The number of sulfone groups is 1. The molecule has 0 bridgehead atoms. The van der Waals surface area contributed by atoms with Gasteiger partial charge in [-0.1, -0.05) is 12.1 Å². The van der Waals surface area contributed by atoms with Crippen molar-refractivity contribution in [3.8, 4) is 0 Å². The summed E-state index contributed by atoms with van der Waals surface area (Å²) in [5, 5.41) is 16.7. The quantitative estimate of drug-likeness (QED) is 0.551. The molecule has 0 unspecified atom stereocenters. The van der Waals surface area contributed by atoms with Crippen molar-refractivity contribution >= 4 is 21.6 Å². The van der Waals surface area contributed by atoms with E-state index in [0.29, 0.717) is 24.2 Å². The molecule has 2 fully saturated rings. The minimum Gasteiger partial charge on any atom is -0.389 e. The van der Waals surface area contributed by atoms with Crippen molar-refractivity contribution < 1.29 is 27.1 Å². The van der Waals surface area contributed by atoms with Crippen LogP contribution in [0, 0.1) is 5.92 Å². The van der Waals surface area contributed by atoms with Gasteiger partial charge in [0.15, 0.2) is 15.7 Å². The van der Waals surface area contributed by atoms with E-state index < -0.39 is 33.7 Å². The predicted molar refractivity (Wildman–Crippen MR) is 124 cm³/mol. The average molecular weight is 496 g/mol. The number of hydrogen-bond acceptors (Lipinski definition) is 5. The zero-order valence-corrected chi connectivity index (χ0v) is 20.1. The molecule has 2 N–H and O–H groups in total. The molecule has 1 aromatic carbocycles. The minimum atomic E-state index is -3.36. The predicted octanol–water partition coefficient (Wildman–Crippen LogP) is 3.79. The number of hydrogen-bond donors (Lipinski definition) is 2. The van der Waals surface area contributed by atoms with E-state index in [-0.39, 0.29) is 47.8 Å². The number of amides is 1. The smallest absolute Gasteiger partial charge is 0.233 e. The number of aromatic nitrogens is 2. The van der Waals surface area contributed by atoms with E-state index in [4.69, 9.17) is 0 Å². The summed E-state index contributed by atoms with van der Waals surface area (Å²) >= 11 is 0. The average Bonchev–Trinajstić information content (AvgIpc) is 3.46. The highest BCUT2D eigenvalue weighted by atomic mass is 32.2. The van der Waals surface area contributed by atoms with E-state index in [1.165, 1.54) is 16.8 Å². The van der Waals surface area contributed by atoms with Gasteiger partial charge in [-0.25, -0.2) is 17.2 Å². The topological polar surface area (TPSA) is 101 Å². The van der Waals surface area contributed by atoms with Crippen molar-refractivity contribution in [3.63, 3.8) is 0 Å². The van der Waals surface area contributed by atoms with E-state index in [2.05, 4.69) is 10.4 Å². The summed E-state index contributed by atoms with van der Waals surface area (Å²) in [7, 11) is -3.36. The number of rotatable bonds is 9. The van der Waals surface area contributed by atoms with Crippen LogP contribution in [0.3, 0.4) is 0 Å². The highest BCUT2D eigenvalue weighted by molar-refractivity contribution is 7.92. The van der Waals surface area contributed by atoms with Gasteiger partial charge in [-0.3, -0.25) is 9.48 Å². The van der Waals surface area contributed by atoms with Gasteiger partial charge in [-0.2, -0.15) is 5.10 Å². The van der Waals surface area contributed by atoms with Crippen LogP contribution in [0.1, 0.15) is 57.4 Å². The SMILES string of the molecule is CC(C)(O)Cn1ccc(NC(=O)[C@H](C[C@H]2C[C@@H](F)[C@@H](F)C2)c2ccc(S(=O)(=O)C3CC3)cc2)n1. The molecule has 0 aliphatic heterocycles. The summed E-state index contributed by atoms with van der Waals surface area (Å²) in [6.45, 7) is 3.53. The minimum absolute atomic E-state index is 0.0549.